The molecule has 20 heavy (non-hydrogen) atoms. The fourth-order valence-electron chi connectivity index (χ4n) is 1.70. The lowest BCUT2D eigenvalue weighted by molar-refractivity contribution is 0.425. The van der Waals surface area contributed by atoms with Gasteiger partial charge in [-0.1, -0.05) is 28.4 Å². The van der Waals surface area contributed by atoms with E-state index in [0.29, 0.717) is 27.0 Å². The van der Waals surface area contributed by atoms with Gasteiger partial charge in [0.05, 0.1) is 11.8 Å². The number of aromatic hydroxyl groups is 1. The van der Waals surface area contributed by atoms with E-state index < -0.39 is 0 Å². The number of hydrogen-bond donors (Lipinski definition) is 1. The average Bonchev–Trinajstić information content (AvgIpc) is 2.87. The third-order valence-electron chi connectivity index (χ3n) is 2.58. The molecule has 0 saturated carbocycles. The lowest BCUT2D eigenvalue weighted by Crippen LogP contribution is -1.83. The third-order valence-corrected chi connectivity index (χ3v) is 3.01. The molecular formula is C13H7Cl2N3O2. The average molecular weight is 308 g/mol. The molecule has 0 bridgehead atoms. The number of halogens is 2. The van der Waals surface area contributed by atoms with Crippen LogP contribution in [-0.4, -0.2) is 20.2 Å². The highest BCUT2D eigenvalue weighted by molar-refractivity contribution is 6.35. The Labute approximate surface area is 123 Å². The van der Waals surface area contributed by atoms with E-state index in [1.165, 1.54) is 12.4 Å². The molecule has 5 nitrogen and oxygen atoms in total. The van der Waals surface area contributed by atoms with Crippen LogP contribution in [0.15, 0.2) is 41.2 Å². The molecule has 2 aromatic heterocycles. The van der Waals surface area contributed by atoms with Crippen LogP contribution in [-0.2, 0) is 0 Å². The molecule has 0 unspecified atom stereocenters. The number of hydrogen-bond acceptors (Lipinski definition) is 5. The van der Waals surface area contributed by atoms with Crippen molar-refractivity contribution in [2.75, 3.05) is 0 Å². The van der Waals surface area contributed by atoms with Crippen LogP contribution in [0.3, 0.4) is 0 Å². The SMILES string of the molecule is Oc1cnccc1-c1nc(-c2cc(Cl)cc(Cl)c2)no1. The first-order valence-corrected chi connectivity index (χ1v) is 6.32. The monoisotopic (exact) mass is 307 g/mol. The highest BCUT2D eigenvalue weighted by atomic mass is 35.5. The molecule has 7 heteroatoms. The van der Waals surface area contributed by atoms with Crippen molar-refractivity contribution in [2.45, 2.75) is 0 Å². The molecular weight excluding hydrogens is 301 g/mol. The van der Waals surface area contributed by atoms with Gasteiger partial charge in [0.25, 0.3) is 5.89 Å². The maximum atomic E-state index is 9.70. The van der Waals surface area contributed by atoms with Crippen LogP contribution >= 0.6 is 23.2 Å². The summed E-state index contributed by atoms with van der Waals surface area (Å²) >= 11 is 11.9. The molecule has 0 atom stereocenters. The van der Waals surface area contributed by atoms with Gasteiger partial charge in [0.1, 0.15) is 5.75 Å². The van der Waals surface area contributed by atoms with E-state index in [9.17, 15) is 5.11 Å². The Morgan fingerprint density at radius 3 is 2.55 bits per heavy atom. The lowest BCUT2D eigenvalue weighted by atomic mass is 10.2. The zero-order valence-electron chi connectivity index (χ0n) is 9.92. The second kappa shape index (κ2) is 5.11. The topological polar surface area (TPSA) is 72.0 Å². The summed E-state index contributed by atoms with van der Waals surface area (Å²) in [5.74, 6) is 0.489. The van der Waals surface area contributed by atoms with Crippen molar-refractivity contribution >= 4 is 23.2 Å². The van der Waals surface area contributed by atoms with Gasteiger partial charge >= 0.3 is 0 Å². The van der Waals surface area contributed by atoms with E-state index in [-0.39, 0.29) is 11.6 Å². The first-order valence-electron chi connectivity index (χ1n) is 5.57. The van der Waals surface area contributed by atoms with Gasteiger partial charge < -0.3 is 9.63 Å². The van der Waals surface area contributed by atoms with Crippen molar-refractivity contribution in [3.05, 3.63) is 46.7 Å². The first kappa shape index (κ1) is 12.9. The van der Waals surface area contributed by atoms with Gasteiger partial charge in [-0.05, 0) is 24.3 Å². The number of rotatable bonds is 2. The minimum atomic E-state index is -0.0353. The van der Waals surface area contributed by atoms with Gasteiger partial charge in [-0.3, -0.25) is 4.98 Å². The molecule has 0 amide bonds. The van der Waals surface area contributed by atoms with Gasteiger partial charge in [-0.2, -0.15) is 4.98 Å². The van der Waals surface area contributed by atoms with Crippen LogP contribution < -0.4 is 0 Å². The van der Waals surface area contributed by atoms with Crippen LogP contribution in [0.2, 0.25) is 10.0 Å². The predicted octanol–water partition coefficient (Wildman–Crippen LogP) is 3.81. The molecule has 0 aliphatic heterocycles. The maximum absolute atomic E-state index is 9.70. The number of benzene rings is 1. The highest BCUT2D eigenvalue weighted by Gasteiger charge is 2.14. The van der Waals surface area contributed by atoms with E-state index in [2.05, 4.69) is 15.1 Å². The standard InChI is InChI=1S/C13H7Cl2N3O2/c14-8-3-7(4-9(15)5-8)12-17-13(20-18-12)10-1-2-16-6-11(10)19/h1-6,19H. The van der Waals surface area contributed by atoms with Gasteiger partial charge in [-0.15, -0.1) is 0 Å². The van der Waals surface area contributed by atoms with E-state index in [0.717, 1.165) is 0 Å². The van der Waals surface area contributed by atoms with Crippen LogP contribution in [0, 0.1) is 0 Å². The second-order valence-electron chi connectivity index (χ2n) is 3.97. The lowest BCUT2D eigenvalue weighted by Gasteiger charge is -1.97. The molecule has 0 spiro atoms. The van der Waals surface area contributed by atoms with Gasteiger partial charge in [-0.25, -0.2) is 0 Å². The molecule has 0 aliphatic carbocycles. The van der Waals surface area contributed by atoms with Crippen molar-refractivity contribution < 1.29 is 9.63 Å². The van der Waals surface area contributed by atoms with E-state index in [1.54, 1.807) is 24.3 Å². The summed E-state index contributed by atoms with van der Waals surface area (Å²) in [4.78, 5) is 7.99. The first-order chi connectivity index (χ1) is 9.63. The van der Waals surface area contributed by atoms with Crippen molar-refractivity contribution in [3.8, 4) is 28.6 Å². The number of pyridine rings is 1. The Morgan fingerprint density at radius 2 is 1.85 bits per heavy atom. The van der Waals surface area contributed by atoms with Crippen LogP contribution in [0.25, 0.3) is 22.8 Å². The molecule has 2 heterocycles. The zero-order valence-corrected chi connectivity index (χ0v) is 11.4. The molecule has 0 saturated heterocycles. The predicted molar refractivity (Wildman–Crippen MR) is 74.6 cm³/mol. The molecule has 0 fully saturated rings. The summed E-state index contributed by atoms with van der Waals surface area (Å²) in [5, 5.41) is 14.5. The van der Waals surface area contributed by atoms with Crippen molar-refractivity contribution in [2.24, 2.45) is 0 Å². The van der Waals surface area contributed by atoms with Gasteiger partial charge in [0.15, 0.2) is 0 Å². The maximum Gasteiger partial charge on any atom is 0.262 e. The van der Waals surface area contributed by atoms with Gasteiger partial charge in [0, 0.05) is 21.8 Å². The summed E-state index contributed by atoms with van der Waals surface area (Å²) in [6.45, 7) is 0. The van der Waals surface area contributed by atoms with E-state index >= 15 is 0 Å². The molecule has 100 valence electrons. The van der Waals surface area contributed by atoms with Crippen molar-refractivity contribution in [3.63, 3.8) is 0 Å². The Hall–Kier alpha value is -2.11. The molecule has 0 aliphatic rings. The summed E-state index contributed by atoms with van der Waals surface area (Å²) < 4.78 is 5.13. The Balaban J connectivity index is 2.04. The zero-order chi connectivity index (χ0) is 14.1. The summed E-state index contributed by atoms with van der Waals surface area (Å²) in [7, 11) is 0. The summed E-state index contributed by atoms with van der Waals surface area (Å²) in [5.41, 5.74) is 1.04. The normalized spacial score (nSPS) is 10.7. The van der Waals surface area contributed by atoms with Crippen LogP contribution in [0.4, 0.5) is 0 Å². The second-order valence-corrected chi connectivity index (χ2v) is 4.85. The fraction of sp³-hybridized carbons (Fsp3) is 0. The Bertz CT molecular complexity index is 754. The van der Waals surface area contributed by atoms with E-state index in [1.807, 2.05) is 0 Å². The highest BCUT2D eigenvalue weighted by Crippen LogP contribution is 2.30. The minimum Gasteiger partial charge on any atom is -0.505 e. The van der Waals surface area contributed by atoms with Crippen molar-refractivity contribution in [1.82, 2.24) is 15.1 Å². The molecule has 1 N–H and O–H groups in total. The summed E-state index contributed by atoms with van der Waals surface area (Å²) in [6, 6.07) is 6.54. The number of aromatic nitrogens is 3. The molecule has 1 aromatic carbocycles. The quantitative estimate of drug-likeness (QED) is 0.779. The minimum absolute atomic E-state index is 0.0353. The van der Waals surface area contributed by atoms with E-state index in [4.69, 9.17) is 27.7 Å². The van der Waals surface area contributed by atoms with Crippen LogP contribution in [0.5, 0.6) is 5.75 Å². The largest absolute Gasteiger partial charge is 0.505 e. The molecule has 3 aromatic rings. The van der Waals surface area contributed by atoms with Crippen molar-refractivity contribution in [1.29, 1.82) is 0 Å². The summed E-state index contributed by atoms with van der Waals surface area (Å²) in [6.07, 6.45) is 2.82. The smallest absolute Gasteiger partial charge is 0.262 e. The molecule has 0 radical (unpaired) electrons. The molecule has 3 rings (SSSR count). The fourth-order valence-corrected chi connectivity index (χ4v) is 2.23. The van der Waals surface area contributed by atoms with Crippen LogP contribution in [0.1, 0.15) is 0 Å². The Kier molecular flexibility index (Phi) is 3.30. The third kappa shape index (κ3) is 2.45. The Morgan fingerprint density at radius 1 is 1.10 bits per heavy atom. The number of nitrogens with zero attached hydrogens (tertiary/aromatic N) is 3. The van der Waals surface area contributed by atoms with Gasteiger partial charge in [0.2, 0.25) is 5.82 Å².